The van der Waals surface area contributed by atoms with Gasteiger partial charge in [-0.2, -0.15) is 0 Å². The molecule has 11 heteroatoms. The highest BCUT2D eigenvalue weighted by Gasteiger charge is 2.36. The van der Waals surface area contributed by atoms with Crippen molar-refractivity contribution in [1.29, 1.82) is 0 Å². The van der Waals surface area contributed by atoms with Crippen LogP contribution in [-0.4, -0.2) is 27.8 Å². The molecule has 3 aromatic rings. The summed E-state index contributed by atoms with van der Waals surface area (Å²) in [5.74, 6) is -1.45. The number of aryl methyl sites for hydroxylation is 1. The van der Waals surface area contributed by atoms with Crippen LogP contribution in [0.4, 0.5) is 17.1 Å². The molecular weight excluding hydrogens is 480 g/mol. The molecule has 0 atom stereocenters. The van der Waals surface area contributed by atoms with Crippen molar-refractivity contribution in [2.75, 3.05) is 10.2 Å². The fourth-order valence-corrected chi connectivity index (χ4v) is 3.92. The predicted octanol–water partition coefficient (Wildman–Crippen LogP) is 4.48. The van der Waals surface area contributed by atoms with Crippen LogP contribution in [0.2, 0.25) is 5.02 Å². The minimum absolute atomic E-state index is 0.0589. The molecule has 3 aromatic carbocycles. The Morgan fingerprint density at radius 2 is 1.68 bits per heavy atom. The number of rotatable bonds is 4. The second-order valence-corrected chi connectivity index (χ2v) is 8.14. The molecule has 0 saturated carbocycles. The van der Waals surface area contributed by atoms with Gasteiger partial charge in [-0.15, -0.1) is 0 Å². The van der Waals surface area contributed by atoms with Crippen molar-refractivity contribution in [1.82, 2.24) is 5.32 Å². The summed E-state index contributed by atoms with van der Waals surface area (Å²) >= 11 is 11.5. The van der Waals surface area contributed by atoms with Gasteiger partial charge in [-0.05, 0) is 61.6 Å². The second-order valence-electron chi connectivity index (χ2n) is 7.32. The van der Waals surface area contributed by atoms with Crippen molar-refractivity contribution in [3.05, 3.63) is 98.1 Å². The van der Waals surface area contributed by atoms with Gasteiger partial charge in [0.25, 0.3) is 23.4 Å². The number of halogens is 1. The maximum atomic E-state index is 12.7. The van der Waals surface area contributed by atoms with E-state index in [0.29, 0.717) is 22.4 Å². The standard InChI is InChI=1S/C23H15ClN4O5S/c1-12-10-13(6-9-19(12)28(32)33)20(29)26-23(34)25-18-8-7-14(11-17(18)24)27-21(30)15-4-2-3-5-16(15)22(27)31/h2-11H,1H3,(H2,25,26,29,34). The van der Waals surface area contributed by atoms with E-state index in [-0.39, 0.29) is 27.1 Å². The molecule has 0 fully saturated rings. The van der Waals surface area contributed by atoms with E-state index in [4.69, 9.17) is 23.8 Å². The van der Waals surface area contributed by atoms with Crippen molar-refractivity contribution in [2.24, 2.45) is 0 Å². The quantitative estimate of drug-likeness (QED) is 0.237. The number of thiocarbonyl (C=S) groups is 1. The highest BCUT2D eigenvalue weighted by Crippen LogP contribution is 2.33. The van der Waals surface area contributed by atoms with E-state index in [1.165, 1.54) is 43.3 Å². The van der Waals surface area contributed by atoms with E-state index >= 15 is 0 Å². The number of benzene rings is 3. The van der Waals surface area contributed by atoms with Gasteiger partial charge in [0.15, 0.2) is 5.11 Å². The van der Waals surface area contributed by atoms with Crippen LogP contribution in [0.15, 0.2) is 60.7 Å². The summed E-state index contributed by atoms with van der Waals surface area (Å²) in [5.41, 5.74) is 1.70. The number of nitrogens with one attached hydrogen (secondary N) is 2. The molecule has 1 aliphatic heterocycles. The van der Waals surface area contributed by atoms with E-state index in [1.807, 2.05) is 0 Å². The average molecular weight is 495 g/mol. The molecule has 3 amide bonds. The van der Waals surface area contributed by atoms with Crippen LogP contribution in [0, 0.1) is 17.0 Å². The van der Waals surface area contributed by atoms with E-state index in [0.717, 1.165) is 4.90 Å². The number of fused-ring (bicyclic) bond motifs is 1. The molecule has 1 aliphatic rings. The number of hydrogen-bond acceptors (Lipinski definition) is 6. The van der Waals surface area contributed by atoms with Crippen molar-refractivity contribution in [3.8, 4) is 0 Å². The fraction of sp³-hybridized carbons (Fsp3) is 0.0435. The Bertz CT molecular complexity index is 1370. The first-order chi connectivity index (χ1) is 16.2. The van der Waals surface area contributed by atoms with Crippen molar-refractivity contribution < 1.29 is 19.3 Å². The molecule has 1 heterocycles. The summed E-state index contributed by atoms with van der Waals surface area (Å²) in [6, 6.07) is 15.0. The Balaban J connectivity index is 1.46. The number of anilines is 2. The Morgan fingerprint density at radius 1 is 1.03 bits per heavy atom. The molecule has 0 unspecified atom stereocenters. The van der Waals surface area contributed by atoms with Crippen LogP contribution in [0.1, 0.15) is 36.6 Å². The van der Waals surface area contributed by atoms with Crippen LogP contribution < -0.4 is 15.5 Å². The van der Waals surface area contributed by atoms with Gasteiger partial charge in [0.1, 0.15) is 0 Å². The average Bonchev–Trinajstić information content (AvgIpc) is 3.05. The first-order valence-corrected chi connectivity index (χ1v) is 10.6. The zero-order valence-electron chi connectivity index (χ0n) is 17.5. The zero-order valence-corrected chi connectivity index (χ0v) is 19.1. The molecular formula is C23H15ClN4O5S. The molecule has 0 aliphatic carbocycles. The van der Waals surface area contributed by atoms with E-state index in [1.54, 1.807) is 24.3 Å². The molecule has 0 spiro atoms. The normalized spacial score (nSPS) is 12.4. The first kappa shape index (κ1) is 23.0. The lowest BCUT2D eigenvalue weighted by Crippen LogP contribution is -2.34. The zero-order chi connectivity index (χ0) is 24.6. The number of hydrogen-bond donors (Lipinski definition) is 2. The highest BCUT2D eigenvalue weighted by atomic mass is 35.5. The number of imide groups is 1. The summed E-state index contributed by atoms with van der Waals surface area (Å²) in [5, 5.41) is 16.3. The van der Waals surface area contributed by atoms with Crippen LogP contribution in [0.5, 0.6) is 0 Å². The minimum atomic E-state index is -0.561. The van der Waals surface area contributed by atoms with Crippen LogP contribution in [0.3, 0.4) is 0 Å². The molecule has 2 N–H and O–H groups in total. The van der Waals surface area contributed by atoms with Gasteiger partial charge in [-0.25, -0.2) is 4.90 Å². The SMILES string of the molecule is Cc1cc(C(=O)NC(=S)Nc2ccc(N3C(=O)c4ccccc4C3=O)cc2Cl)ccc1[N+](=O)[O-]. The number of carbonyl (C=O) groups excluding carboxylic acids is 3. The van der Waals surface area contributed by atoms with Gasteiger partial charge in [-0.1, -0.05) is 23.7 Å². The lowest BCUT2D eigenvalue weighted by atomic mass is 10.1. The molecule has 0 bridgehead atoms. The number of nitro benzene ring substituents is 1. The maximum absolute atomic E-state index is 12.7. The second kappa shape index (κ2) is 9.00. The van der Waals surface area contributed by atoms with Gasteiger partial charge in [0.2, 0.25) is 0 Å². The smallest absolute Gasteiger partial charge is 0.272 e. The number of nitro groups is 1. The van der Waals surface area contributed by atoms with Gasteiger partial charge < -0.3 is 5.32 Å². The molecule has 9 nitrogen and oxygen atoms in total. The van der Waals surface area contributed by atoms with E-state index < -0.39 is 22.6 Å². The summed E-state index contributed by atoms with van der Waals surface area (Å²) in [6.45, 7) is 1.53. The molecule has 170 valence electrons. The maximum Gasteiger partial charge on any atom is 0.272 e. The third-order valence-electron chi connectivity index (χ3n) is 5.14. The Labute approximate surface area is 203 Å². The lowest BCUT2D eigenvalue weighted by molar-refractivity contribution is -0.385. The lowest BCUT2D eigenvalue weighted by Gasteiger charge is -2.16. The van der Waals surface area contributed by atoms with Crippen LogP contribution in [0.25, 0.3) is 0 Å². The van der Waals surface area contributed by atoms with Crippen LogP contribution in [-0.2, 0) is 0 Å². The first-order valence-electron chi connectivity index (χ1n) is 9.82. The number of carbonyl (C=O) groups is 3. The van der Waals surface area contributed by atoms with Gasteiger partial charge >= 0.3 is 0 Å². The molecule has 4 rings (SSSR count). The van der Waals surface area contributed by atoms with Crippen molar-refractivity contribution >= 4 is 63.7 Å². The fourth-order valence-electron chi connectivity index (χ4n) is 3.50. The molecule has 34 heavy (non-hydrogen) atoms. The van der Waals surface area contributed by atoms with E-state index in [9.17, 15) is 24.5 Å². The number of amides is 3. The predicted molar refractivity (Wildman–Crippen MR) is 131 cm³/mol. The topological polar surface area (TPSA) is 122 Å². The van der Waals surface area contributed by atoms with E-state index in [2.05, 4.69) is 10.6 Å². The molecule has 0 saturated heterocycles. The summed E-state index contributed by atoms with van der Waals surface area (Å²) in [6.07, 6.45) is 0. The summed E-state index contributed by atoms with van der Waals surface area (Å²) in [4.78, 5) is 49.2. The van der Waals surface area contributed by atoms with Crippen LogP contribution >= 0.6 is 23.8 Å². The van der Waals surface area contributed by atoms with Crippen molar-refractivity contribution in [2.45, 2.75) is 6.92 Å². The van der Waals surface area contributed by atoms with Gasteiger partial charge in [0.05, 0.1) is 32.4 Å². The monoisotopic (exact) mass is 494 g/mol. The Hall–Kier alpha value is -4.15. The Kier molecular flexibility index (Phi) is 6.10. The highest BCUT2D eigenvalue weighted by molar-refractivity contribution is 7.80. The third-order valence-corrected chi connectivity index (χ3v) is 5.65. The van der Waals surface area contributed by atoms with Gasteiger partial charge in [-0.3, -0.25) is 29.8 Å². The third kappa shape index (κ3) is 4.24. The Morgan fingerprint density at radius 3 is 2.24 bits per heavy atom. The molecule has 0 radical (unpaired) electrons. The summed E-state index contributed by atoms with van der Waals surface area (Å²) in [7, 11) is 0. The van der Waals surface area contributed by atoms with Crippen molar-refractivity contribution in [3.63, 3.8) is 0 Å². The van der Waals surface area contributed by atoms with Gasteiger partial charge in [0, 0.05) is 17.2 Å². The largest absolute Gasteiger partial charge is 0.331 e. The minimum Gasteiger partial charge on any atom is -0.331 e. The summed E-state index contributed by atoms with van der Waals surface area (Å²) < 4.78 is 0. The molecule has 0 aromatic heterocycles. The number of nitrogens with zero attached hydrogens (tertiary/aromatic N) is 2.